The van der Waals surface area contributed by atoms with Gasteiger partial charge in [-0.15, -0.1) is 0 Å². The number of carbonyl (C=O) groups excluding carboxylic acids is 1. The number of nitrogens with one attached hydrogen (secondary N) is 1. The predicted octanol–water partition coefficient (Wildman–Crippen LogP) is 4.25. The van der Waals surface area contributed by atoms with Crippen LogP contribution in [0.25, 0.3) is 5.69 Å². The van der Waals surface area contributed by atoms with Gasteiger partial charge in [0.2, 0.25) is 0 Å². The standard InChI is InChI=1S/C23H27N3O2/c1-17(28-21-11-7-19(8-12-21)23(2,3)4)22(27)25-15-18-5-9-20(10-6-18)26-14-13-24-16-26/h5-14,16-17H,15H2,1-4H3,(H,25,27)/t17-/m0/s1. The lowest BCUT2D eigenvalue weighted by Crippen LogP contribution is -2.35. The maximum absolute atomic E-state index is 12.4. The lowest BCUT2D eigenvalue weighted by molar-refractivity contribution is -0.127. The molecule has 28 heavy (non-hydrogen) atoms. The van der Waals surface area contributed by atoms with Crippen molar-refractivity contribution in [3.63, 3.8) is 0 Å². The lowest BCUT2D eigenvalue weighted by Gasteiger charge is -2.20. The van der Waals surface area contributed by atoms with Crippen LogP contribution in [0.3, 0.4) is 0 Å². The average molecular weight is 377 g/mol. The number of aromatic nitrogens is 2. The highest BCUT2D eigenvalue weighted by Crippen LogP contribution is 2.24. The van der Waals surface area contributed by atoms with Crippen LogP contribution in [0.1, 0.15) is 38.8 Å². The van der Waals surface area contributed by atoms with Gasteiger partial charge in [-0.05, 0) is 47.7 Å². The predicted molar refractivity (Wildman–Crippen MR) is 111 cm³/mol. The fourth-order valence-corrected chi connectivity index (χ4v) is 2.82. The van der Waals surface area contributed by atoms with E-state index in [0.717, 1.165) is 11.3 Å². The Kier molecular flexibility index (Phi) is 5.83. The van der Waals surface area contributed by atoms with Crippen LogP contribution in [0.15, 0.2) is 67.3 Å². The second-order valence-corrected chi connectivity index (χ2v) is 7.89. The summed E-state index contributed by atoms with van der Waals surface area (Å²) < 4.78 is 7.71. The van der Waals surface area contributed by atoms with E-state index in [2.05, 4.69) is 31.1 Å². The highest BCUT2D eigenvalue weighted by Gasteiger charge is 2.16. The molecule has 0 unspecified atom stereocenters. The second-order valence-electron chi connectivity index (χ2n) is 7.89. The molecule has 1 atom stereocenters. The minimum Gasteiger partial charge on any atom is -0.481 e. The summed E-state index contributed by atoms with van der Waals surface area (Å²) in [5.41, 5.74) is 3.38. The van der Waals surface area contributed by atoms with Crippen LogP contribution in [0.4, 0.5) is 0 Å². The van der Waals surface area contributed by atoms with Crippen LogP contribution in [-0.2, 0) is 16.8 Å². The van der Waals surface area contributed by atoms with E-state index in [4.69, 9.17) is 4.74 Å². The SMILES string of the molecule is C[C@H](Oc1ccc(C(C)(C)C)cc1)C(=O)NCc1ccc(-n2ccnc2)cc1. The molecular weight excluding hydrogens is 350 g/mol. The van der Waals surface area contributed by atoms with E-state index in [-0.39, 0.29) is 11.3 Å². The van der Waals surface area contributed by atoms with Crippen LogP contribution in [0.5, 0.6) is 5.75 Å². The van der Waals surface area contributed by atoms with Crippen molar-refractivity contribution in [1.82, 2.24) is 14.9 Å². The molecule has 0 fully saturated rings. The summed E-state index contributed by atoms with van der Waals surface area (Å²) >= 11 is 0. The highest BCUT2D eigenvalue weighted by molar-refractivity contribution is 5.80. The van der Waals surface area contributed by atoms with Gasteiger partial charge in [-0.2, -0.15) is 0 Å². The summed E-state index contributed by atoms with van der Waals surface area (Å²) in [6.07, 6.45) is 4.82. The summed E-state index contributed by atoms with van der Waals surface area (Å²) in [7, 11) is 0. The molecule has 5 heteroatoms. The van der Waals surface area contributed by atoms with Gasteiger partial charge in [0.15, 0.2) is 6.10 Å². The smallest absolute Gasteiger partial charge is 0.261 e. The number of carbonyl (C=O) groups is 1. The molecule has 1 amide bonds. The number of hydrogen-bond donors (Lipinski definition) is 1. The largest absolute Gasteiger partial charge is 0.481 e. The van der Waals surface area contributed by atoms with E-state index in [1.54, 1.807) is 19.4 Å². The van der Waals surface area contributed by atoms with Crippen molar-refractivity contribution in [1.29, 1.82) is 0 Å². The third-order valence-corrected chi connectivity index (χ3v) is 4.61. The first-order valence-corrected chi connectivity index (χ1v) is 9.45. The van der Waals surface area contributed by atoms with Gasteiger partial charge in [0.05, 0.1) is 6.33 Å². The van der Waals surface area contributed by atoms with Gasteiger partial charge < -0.3 is 14.6 Å². The zero-order valence-corrected chi connectivity index (χ0v) is 16.8. The first kappa shape index (κ1) is 19.7. The minimum atomic E-state index is -0.564. The Hall–Kier alpha value is -3.08. The van der Waals surface area contributed by atoms with Gasteiger partial charge in [-0.25, -0.2) is 4.98 Å². The second kappa shape index (κ2) is 8.30. The molecule has 1 aromatic heterocycles. The Balaban J connectivity index is 1.51. The highest BCUT2D eigenvalue weighted by atomic mass is 16.5. The van der Waals surface area contributed by atoms with Gasteiger partial charge in [0.1, 0.15) is 5.75 Å². The van der Waals surface area contributed by atoms with Gasteiger partial charge in [-0.1, -0.05) is 45.0 Å². The zero-order chi connectivity index (χ0) is 20.1. The van der Waals surface area contributed by atoms with Crippen LogP contribution in [0, 0.1) is 0 Å². The van der Waals surface area contributed by atoms with Crippen molar-refractivity contribution in [3.8, 4) is 11.4 Å². The molecule has 0 bridgehead atoms. The average Bonchev–Trinajstić information content (AvgIpc) is 3.21. The van der Waals surface area contributed by atoms with Crippen molar-refractivity contribution in [2.75, 3.05) is 0 Å². The van der Waals surface area contributed by atoms with Crippen LogP contribution < -0.4 is 10.1 Å². The maximum Gasteiger partial charge on any atom is 0.261 e. The molecule has 3 aromatic rings. The molecular formula is C23H27N3O2. The monoisotopic (exact) mass is 377 g/mol. The number of ether oxygens (including phenoxy) is 1. The van der Waals surface area contributed by atoms with Gasteiger partial charge in [0, 0.05) is 24.6 Å². The van der Waals surface area contributed by atoms with Crippen molar-refractivity contribution in [2.45, 2.75) is 45.8 Å². The number of rotatable bonds is 6. The summed E-state index contributed by atoms with van der Waals surface area (Å²) in [4.78, 5) is 16.4. The Morgan fingerprint density at radius 1 is 1.11 bits per heavy atom. The number of amides is 1. The maximum atomic E-state index is 12.4. The Labute approximate surface area is 166 Å². The first-order chi connectivity index (χ1) is 13.3. The first-order valence-electron chi connectivity index (χ1n) is 9.45. The van der Waals surface area contributed by atoms with E-state index >= 15 is 0 Å². The van der Waals surface area contributed by atoms with Crippen molar-refractivity contribution in [2.24, 2.45) is 0 Å². The van der Waals surface area contributed by atoms with E-state index < -0.39 is 6.10 Å². The Morgan fingerprint density at radius 3 is 2.36 bits per heavy atom. The summed E-state index contributed by atoms with van der Waals surface area (Å²) in [5.74, 6) is 0.555. The summed E-state index contributed by atoms with van der Waals surface area (Å²) in [6.45, 7) is 8.72. The fraction of sp³-hybridized carbons (Fsp3) is 0.304. The van der Waals surface area contributed by atoms with E-state index in [1.165, 1.54) is 5.56 Å². The molecule has 2 aromatic carbocycles. The third-order valence-electron chi connectivity index (χ3n) is 4.61. The summed E-state index contributed by atoms with van der Waals surface area (Å²) in [6, 6.07) is 15.9. The van der Waals surface area contributed by atoms with Gasteiger partial charge >= 0.3 is 0 Å². The number of hydrogen-bond acceptors (Lipinski definition) is 3. The third kappa shape index (κ3) is 5.00. The Bertz CT molecular complexity index is 893. The molecule has 0 saturated carbocycles. The molecule has 1 N–H and O–H groups in total. The summed E-state index contributed by atoms with van der Waals surface area (Å²) in [5, 5.41) is 2.93. The number of imidazole rings is 1. The quantitative estimate of drug-likeness (QED) is 0.698. The molecule has 146 valence electrons. The van der Waals surface area contributed by atoms with Crippen LogP contribution in [0.2, 0.25) is 0 Å². The number of benzene rings is 2. The molecule has 3 rings (SSSR count). The van der Waals surface area contributed by atoms with E-state index in [9.17, 15) is 4.79 Å². The molecule has 0 spiro atoms. The number of nitrogens with zero attached hydrogens (tertiary/aromatic N) is 2. The van der Waals surface area contributed by atoms with E-state index in [0.29, 0.717) is 12.3 Å². The van der Waals surface area contributed by atoms with Crippen molar-refractivity contribution >= 4 is 5.91 Å². The topological polar surface area (TPSA) is 56.1 Å². The Morgan fingerprint density at radius 2 is 1.79 bits per heavy atom. The van der Waals surface area contributed by atoms with E-state index in [1.807, 2.05) is 59.3 Å². The lowest BCUT2D eigenvalue weighted by atomic mass is 9.87. The molecule has 1 heterocycles. The van der Waals surface area contributed by atoms with Crippen molar-refractivity contribution in [3.05, 3.63) is 78.4 Å². The minimum absolute atomic E-state index is 0.0922. The van der Waals surface area contributed by atoms with Crippen molar-refractivity contribution < 1.29 is 9.53 Å². The van der Waals surface area contributed by atoms with Crippen LogP contribution >= 0.6 is 0 Å². The molecule has 0 aliphatic rings. The van der Waals surface area contributed by atoms with Gasteiger partial charge in [-0.3, -0.25) is 4.79 Å². The zero-order valence-electron chi connectivity index (χ0n) is 16.8. The molecule has 0 radical (unpaired) electrons. The van der Waals surface area contributed by atoms with Gasteiger partial charge in [0.25, 0.3) is 5.91 Å². The molecule has 0 aliphatic heterocycles. The molecule has 5 nitrogen and oxygen atoms in total. The molecule has 0 aliphatic carbocycles. The van der Waals surface area contributed by atoms with Crippen LogP contribution in [-0.4, -0.2) is 21.6 Å². The molecule has 0 saturated heterocycles. The fourth-order valence-electron chi connectivity index (χ4n) is 2.82. The normalized spacial score (nSPS) is 12.4.